The third kappa shape index (κ3) is 5.53. The molecule has 194 valence electrons. The lowest BCUT2D eigenvalue weighted by atomic mass is 9.98. The van der Waals surface area contributed by atoms with Gasteiger partial charge in [-0.15, -0.1) is 0 Å². The molecule has 0 amide bonds. The summed E-state index contributed by atoms with van der Waals surface area (Å²) in [5.41, 5.74) is 7.62. The van der Waals surface area contributed by atoms with Gasteiger partial charge in [0, 0.05) is 16.7 Å². The Morgan fingerprint density at radius 2 is 0.725 bits per heavy atom. The highest BCUT2D eigenvalue weighted by Gasteiger charge is 2.16. The molecule has 3 nitrogen and oxygen atoms in total. The number of benzene rings is 5. The number of hydrogen-bond donors (Lipinski definition) is 0. The van der Waals surface area contributed by atoms with Crippen molar-refractivity contribution in [3.05, 3.63) is 133 Å². The zero-order valence-electron chi connectivity index (χ0n) is 23.0. The van der Waals surface area contributed by atoms with E-state index in [9.17, 15) is 0 Å². The molecule has 0 unspecified atom stereocenters. The third-order valence-corrected chi connectivity index (χ3v) is 9.17. The van der Waals surface area contributed by atoms with Crippen molar-refractivity contribution < 1.29 is 0 Å². The van der Waals surface area contributed by atoms with Gasteiger partial charge in [-0.3, -0.25) is 0 Å². The van der Waals surface area contributed by atoms with E-state index in [0.717, 1.165) is 27.8 Å². The highest BCUT2D eigenvalue weighted by atomic mass is 28.3. The third-order valence-electron chi connectivity index (χ3n) is 7.10. The van der Waals surface area contributed by atoms with Crippen molar-refractivity contribution in [2.75, 3.05) is 0 Å². The first-order chi connectivity index (χ1) is 19.4. The summed E-state index contributed by atoms with van der Waals surface area (Å²) < 4.78 is 0. The van der Waals surface area contributed by atoms with Gasteiger partial charge < -0.3 is 0 Å². The van der Waals surface area contributed by atoms with Crippen molar-refractivity contribution in [2.24, 2.45) is 0 Å². The van der Waals surface area contributed by atoms with Crippen LogP contribution in [-0.4, -0.2) is 23.0 Å². The normalized spacial score (nSPS) is 11.4. The van der Waals surface area contributed by atoms with Crippen LogP contribution >= 0.6 is 0 Å². The topological polar surface area (TPSA) is 38.7 Å². The van der Waals surface area contributed by atoms with E-state index < -0.39 is 8.07 Å². The number of hydrogen-bond acceptors (Lipinski definition) is 3. The first-order valence-electron chi connectivity index (χ1n) is 13.6. The summed E-state index contributed by atoms with van der Waals surface area (Å²) >= 11 is 0. The van der Waals surface area contributed by atoms with Crippen LogP contribution in [0, 0.1) is 0 Å². The van der Waals surface area contributed by atoms with Crippen LogP contribution in [0.5, 0.6) is 0 Å². The SMILES string of the molecule is C[Si](C)(C)c1ccc(-c2cccc(-c3cccc(-c4nc(-c5ccccc5)nc(-c5ccccc5)n4)c3)c2)cc1. The Balaban J connectivity index is 1.39. The molecule has 1 heterocycles. The van der Waals surface area contributed by atoms with Gasteiger partial charge in [0.2, 0.25) is 0 Å². The maximum absolute atomic E-state index is 4.91. The zero-order chi connectivity index (χ0) is 27.5. The van der Waals surface area contributed by atoms with E-state index in [0.29, 0.717) is 17.5 Å². The molecule has 1 aromatic heterocycles. The van der Waals surface area contributed by atoms with E-state index in [4.69, 9.17) is 15.0 Å². The van der Waals surface area contributed by atoms with Gasteiger partial charge in [-0.05, 0) is 34.4 Å². The number of aromatic nitrogens is 3. The lowest BCUT2D eigenvalue weighted by Crippen LogP contribution is -2.37. The van der Waals surface area contributed by atoms with Crippen LogP contribution in [0.25, 0.3) is 56.4 Å². The van der Waals surface area contributed by atoms with Gasteiger partial charge in [-0.25, -0.2) is 15.0 Å². The quantitative estimate of drug-likeness (QED) is 0.201. The van der Waals surface area contributed by atoms with Crippen LogP contribution in [0.2, 0.25) is 19.6 Å². The summed E-state index contributed by atoms with van der Waals surface area (Å²) in [7, 11) is -1.33. The molecule has 0 aliphatic carbocycles. The molecular formula is C36H31N3Si. The Morgan fingerprint density at radius 3 is 1.20 bits per heavy atom. The Morgan fingerprint density at radius 1 is 0.350 bits per heavy atom. The van der Waals surface area contributed by atoms with Crippen LogP contribution in [0.15, 0.2) is 133 Å². The zero-order valence-corrected chi connectivity index (χ0v) is 24.0. The molecule has 0 N–H and O–H groups in total. The van der Waals surface area contributed by atoms with Crippen molar-refractivity contribution in [3.8, 4) is 56.4 Å². The minimum Gasteiger partial charge on any atom is -0.208 e. The predicted octanol–water partition coefficient (Wildman–Crippen LogP) is 8.75. The van der Waals surface area contributed by atoms with Gasteiger partial charge in [-0.1, -0.05) is 146 Å². The van der Waals surface area contributed by atoms with E-state index in [1.165, 1.54) is 16.3 Å². The molecule has 0 spiro atoms. The average Bonchev–Trinajstić information content (AvgIpc) is 3.01. The summed E-state index contributed by atoms with van der Waals surface area (Å²) in [5, 5.41) is 1.47. The molecule has 0 saturated heterocycles. The molecule has 0 aliphatic heterocycles. The molecule has 6 aromatic rings. The summed E-state index contributed by atoms with van der Waals surface area (Å²) in [6.07, 6.45) is 0. The smallest absolute Gasteiger partial charge is 0.164 e. The highest BCUT2D eigenvalue weighted by molar-refractivity contribution is 6.88. The van der Waals surface area contributed by atoms with E-state index in [1.807, 2.05) is 60.7 Å². The second-order valence-corrected chi connectivity index (χ2v) is 16.1. The van der Waals surface area contributed by atoms with Gasteiger partial charge in [0.1, 0.15) is 0 Å². The maximum atomic E-state index is 4.91. The van der Waals surface area contributed by atoms with E-state index in [-0.39, 0.29) is 0 Å². The molecular weight excluding hydrogens is 503 g/mol. The number of nitrogens with zero attached hydrogens (tertiary/aromatic N) is 3. The Kier molecular flexibility index (Phi) is 6.93. The van der Waals surface area contributed by atoms with Crippen LogP contribution in [0.3, 0.4) is 0 Å². The average molecular weight is 534 g/mol. The molecule has 0 aliphatic rings. The van der Waals surface area contributed by atoms with Crippen molar-refractivity contribution in [3.63, 3.8) is 0 Å². The van der Waals surface area contributed by atoms with E-state index in [1.54, 1.807) is 0 Å². The van der Waals surface area contributed by atoms with Gasteiger partial charge in [0.15, 0.2) is 17.5 Å². The van der Waals surface area contributed by atoms with Crippen LogP contribution in [0.1, 0.15) is 0 Å². The lowest BCUT2D eigenvalue weighted by molar-refractivity contribution is 1.07. The molecule has 4 heteroatoms. The van der Waals surface area contributed by atoms with Gasteiger partial charge in [0.25, 0.3) is 0 Å². The van der Waals surface area contributed by atoms with Gasteiger partial charge in [0.05, 0.1) is 8.07 Å². The fourth-order valence-electron chi connectivity index (χ4n) is 4.82. The second-order valence-electron chi connectivity index (χ2n) is 11.0. The molecule has 40 heavy (non-hydrogen) atoms. The predicted molar refractivity (Wildman–Crippen MR) is 170 cm³/mol. The van der Waals surface area contributed by atoms with Crippen molar-refractivity contribution in [1.82, 2.24) is 15.0 Å². The van der Waals surface area contributed by atoms with Crippen molar-refractivity contribution in [2.45, 2.75) is 19.6 Å². The van der Waals surface area contributed by atoms with Gasteiger partial charge in [-0.2, -0.15) is 0 Å². The first kappa shape index (κ1) is 25.6. The second kappa shape index (κ2) is 10.8. The molecule has 5 aromatic carbocycles. The van der Waals surface area contributed by atoms with E-state index in [2.05, 4.69) is 92.4 Å². The Labute approximate surface area is 237 Å². The highest BCUT2D eigenvalue weighted by Crippen LogP contribution is 2.30. The molecule has 0 atom stereocenters. The molecule has 0 radical (unpaired) electrons. The molecule has 6 rings (SSSR count). The number of rotatable bonds is 6. The minimum atomic E-state index is -1.33. The van der Waals surface area contributed by atoms with Crippen molar-refractivity contribution >= 4 is 13.3 Å². The summed E-state index contributed by atoms with van der Waals surface area (Å²) in [6, 6.07) is 46.5. The van der Waals surface area contributed by atoms with E-state index >= 15 is 0 Å². The fourth-order valence-corrected chi connectivity index (χ4v) is 5.98. The first-order valence-corrected chi connectivity index (χ1v) is 17.1. The largest absolute Gasteiger partial charge is 0.208 e. The standard InChI is InChI=1S/C36H31N3Si/c1-40(2,3)33-22-20-26(21-23-33)29-16-10-17-30(24-29)31-18-11-19-32(25-31)36-38-34(27-12-6-4-7-13-27)37-35(39-36)28-14-8-5-9-15-28/h4-25H,1-3H3. The molecule has 0 bridgehead atoms. The monoisotopic (exact) mass is 533 g/mol. The molecule has 0 saturated carbocycles. The van der Waals surface area contributed by atoms with Crippen LogP contribution in [-0.2, 0) is 0 Å². The molecule has 0 fully saturated rings. The van der Waals surface area contributed by atoms with Crippen molar-refractivity contribution in [1.29, 1.82) is 0 Å². The summed E-state index contributed by atoms with van der Waals surface area (Å²) in [6.45, 7) is 7.15. The Hall–Kier alpha value is -4.67. The fraction of sp³-hybridized carbons (Fsp3) is 0.0833. The van der Waals surface area contributed by atoms with Crippen LogP contribution in [0.4, 0.5) is 0 Å². The summed E-state index contributed by atoms with van der Waals surface area (Å²) in [5.74, 6) is 1.99. The van der Waals surface area contributed by atoms with Crippen LogP contribution < -0.4 is 5.19 Å². The lowest BCUT2D eigenvalue weighted by Gasteiger charge is -2.17. The maximum Gasteiger partial charge on any atom is 0.164 e. The minimum absolute atomic E-state index is 0.660. The Bertz CT molecular complexity index is 1700. The van der Waals surface area contributed by atoms with Gasteiger partial charge >= 0.3 is 0 Å². The summed E-state index contributed by atoms with van der Waals surface area (Å²) in [4.78, 5) is 14.6.